The third-order valence-corrected chi connectivity index (χ3v) is 3.72. The Bertz CT molecular complexity index is 272. The van der Waals surface area contributed by atoms with Crippen LogP contribution >= 0.6 is 0 Å². The molecule has 4 nitrogen and oxygen atoms in total. The fourth-order valence-corrected chi connectivity index (χ4v) is 2.62. The van der Waals surface area contributed by atoms with Gasteiger partial charge in [-0.2, -0.15) is 0 Å². The lowest BCUT2D eigenvalue weighted by atomic mass is 9.86. The molecule has 1 amide bonds. The van der Waals surface area contributed by atoms with E-state index in [-0.39, 0.29) is 5.91 Å². The van der Waals surface area contributed by atoms with Gasteiger partial charge in [0.2, 0.25) is 5.91 Å². The van der Waals surface area contributed by atoms with Gasteiger partial charge in [-0.25, -0.2) is 4.79 Å². The van der Waals surface area contributed by atoms with Gasteiger partial charge in [-0.1, -0.05) is 45.4 Å². The fourth-order valence-electron chi connectivity index (χ4n) is 2.62. The van der Waals surface area contributed by atoms with Crippen LogP contribution in [0.3, 0.4) is 0 Å². The second kappa shape index (κ2) is 8.11. The summed E-state index contributed by atoms with van der Waals surface area (Å²) in [5, 5.41) is 11.6. The summed E-state index contributed by atoms with van der Waals surface area (Å²) in [5.41, 5.74) is 0. The third-order valence-electron chi connectivity index (χ3n) is 3.72. The molecular formula is C14H25NO3. The molecule has 1 fully saturated rings. The van der Waals surface area contributed by atoms with Crippen molar-refractivity contribution in [3.8, 4) is 0 Å². The number of carbonyl (C=O) groups excluding carboxylic acids is 1. The van der Waals surface area contributed by atoms with Crippen molar-refractivity contribution in [2.24, 2.45) is 5.92 Å². The Morgan fingerprint density at radius 1 is 1.28 bits per heavy atom. The number of amides is 1. The molecule has 1 saturated carbocycles. The van der Waals surface area contributed by atoms with Crippen LogP contribution in [0.15, 0.2) is 0 Å². The standard InChI is InChI=1S/C14H25NO3/c1-2-6-12(14(17)18)15-13(16)10-9-11-7-4-3-5-8-11/h11-12H,2-10H2,1H3,(H,15,16)(H,17,18). The van der Waals surface area contributed by atoms with Gasteiger partial charge in [0.25, 0.3) is 0 Å². The molecular weight excluding hydrogens is 230 g/mol. The van der Waals surface area contributed by atoms with Gasteiger partial charge in [0.1, 0.15) is 6.04 Å². The minimum absolute atomic E-state index is 0.110. The Kier molecular flexibility index (Phi) is 6.76. The van der Waals surface area contributed by atoms with Crippen molar-refractivity contribution in [3.05, 3.63) is 0 Å². The lowest BCUT2D eigenvalue weighted by molar-refractivity contribution is -0.142. The summed E-state index contributed by atoms with van der Waals surface area (Å²) in [6, 6.07) is -0.714. The summed E-state index contributed by atoms with van der Waals surface area (Å²) in [6.45, 7) is 1.92. The van der Waals surface area contributed by atoms with Crippen LogP contribution in [0.4, 0.5) is 0 Å². The Morgan fingerprint density at radius 2 is 1.94 bits per heavy atom. The van der Waals surface area contributed by atoms with E-state index in [0.29, 0.717) is 18.8 Å². The molecule has 0 saturated heterocycles. The number of nitrogens with one attached hydrogen (secondary N) is 1. The van der Waals surface area contributed by atoms with Gasteiger partial charge in [-0.3, -0.25) is 4.79 Å². The maximum Gasteiger partial charge on any atom is 0.326 e. The fraction of sp³-hybridized carbons (Fsp3) is 0.857. The normalized spacial score (nSPS) is 18.3. The Balaban J connectivity index is 2.24. The second-order valence-electron chi connectivity index (χ2n) is 5.29. The van der Waals surface area contributed by atoms with Gasteiger partial charge in [-0.05, 0) is 18.8 Å². The molecule has 0 spiro atoms. The second-order valence-corrected chi connectivity index (χ2v) is 5.29. The highest BCUT2D eigenvalue weighted by Crippen LogP contribution is 2.27. The average Bonchev–Trinajstić information content (AvgIpc) is 2.37. The van der Waals surface area contributed by atoms with Gasteiger partial charge in [0.15, 0.2) is 0 Å². The molecule has 2 N–H and O–H groups in total. The zero-order chi connectivity index (χ0) is 13.4. The van der Waals surface area contributed by atoms with Crippen LogP contribution in [-0.4, -0.2) is 23.0 Å². The first-order chi connectivity index (χ1) is 8.63. The van der Waals surface area contributed by atoms with Crippen LogP contribution in [0, 0.1) is 5.92 Å². The predicted octanol–water partition coefficient (Wildman–Crippen LogP) is 2.72. The Hall–Kier alpha value is -1.06. The first kappa shape index (κ1) is 15.0. The molecule has 1 rings (SSSR count). The topological polar surface area (TPSA) is 66.4 Å². The van der Waals surface area contributed by atoms with Crippen LogP contribution in [0.2, 0.25) is 0 Å². The highest BCUT2D eigenvalue weighted by Gasteiger charge is 2.20. The molecule has 0 bridgehead atoms. The largest absolute Gasteiger partial charge is 0.480 e. The number of carboxylic acids is 1. The van der Waals surface area contributed by atoms with Crippen molar-refractivity contribution < 1.29 is 14.7 Å². The Labute approximate surface area is 109 Å². The molecule has 0 aromatic carbocycles. The van der Waals surface area contributed by atoms with Gasteiger partial charge in [0, 0.05) is 6.42 Å². The van der Waals surface area contributed by atoms with Gasteiger partial charge < -0.3 is 10.4 Å². The number of hydrogen-bond donors (Lipinski definition) is 2. The van der Waals surface area contributed by atoms with Crippen molar-refractivity contribution in [1.82, 2.24) is 5.32 Å². The minimum Gasteiger partial charge on any atom is -0.480 e. The highest BCUT2D eigenvalue weighted by molar-refractivity contribution is 5.83. The van der Waals surface area contributed by atoms with E-state index in [4.69, 9.17) is 5.11 Å². The van der Waals surface area contributed by atoms with E-state index in [2.05, 4.69) is 5.32 Å². The summed E-state index contributed by atoms with van der Waals surface area (Å²) >= 11 is 0. The number of aliphatic carboxylic acids is 1. The molecule has 1 aliphatic rings. The smallest absolute Gasteiger partial charge is 0.326 e. The number of hydrogen-bond acceptors (Lipinski definition) is 2. The van der Waals surface area contributed by atoms with Crippen molar-refractivity contribution in [3.63, 3.8) is 0 Å². The zero-order valence-corrected chi connectivity index (χ0v) is 11.3. The first-order valence-corrected chi connectivity index (χ1v) is 7.15. The van der Waals surface area contributed by atoms with E-state index in [1.165, 1.54) is 32.1 Å². The van der Waals surface area contributed by atoms with E-state index in [9.17, 15) is 9.59 Å². The van der Waals surface area contributed by atoms with Crippen molar-refractivity contribution in [2.45, 2.75) is 70.8 Å². The van der Waals surface area contributed by atoms with Crippen LogP contribution in [0.25, 0.3) is 0 Å². The van der Waals surface area contributed by atoms with E-state index in [1.807, 2.05) is 6.92 Å². The molecule has 4 heteroatoms. The Morgan fingerprint density at radius 3 is 2.50 bits per heavy atom. The molecule has 1 unspecified atom stereocenters. The molecule has 0 radical (unpaired) electrons. The van der Waals surface area contributed by atoms with E-state index in [0.717, 1.165) is 12.8 Å². The maximum absolute atomic E-state index is 11.7. The van der Waals surface area contributed by atoms with Crippen molar-refractivity contribution in [1.29, 1.82) is 0 Å². The summed E-state index contributed by atoms with van der Waals surface area (Å²) in [5.74, 6) is -0.372. The predicted molar refractivity (Wildman–Crippen MR) is 70.3 cm³/mol. The van der Waals surface area contributed by atoms with Crippen LogP contribution in [-0.2, 0) is 9.59 Å². The molecule has 0 heterocycles. The van der Waals surface area contributed by atoms with E-state index in [1.54, 1.807) is 0 Å². The van der Waals surface area contributed by atoms with E-state index < -0.39 is 12.0 Å². The maximum atomic E-state index is 11.7. The third kappa shape index (κ3) is 5.52. The molecule has 0 aromatic heterocycles. The van der Waals surface area contributed by atoms with Gasteiger partial charge in [0.05, 0.1) is 0 Å². The quantitative estimate of drug-likeness (QED) is 0.735. The average molecular weight is 255 g/mol. The summed E-state index contributed by atoms with van der Waals surface area (Å²) in [6.07, 6.45) is 8.97. The van der Waals surface area contributed by atoms with Gasteiger partial charge >= 0.3 is 5.97 Å². The molecule has 0 aromatic rings. The van der Waals surface area contributed by atoms with Crippen LogP contribution in [0.1, 0.15) is 64.7 Å². The highest BCUT2D eigenvalue weighted by atomic mass is 16.4. The molecule has 18 heavy (non-hydrogen) atoms. The van der Waals surface area contributed by atoms with Crippen molar-refractivity contribution in [2.75, 3.05) is 0 Å². The minimum atomic E-state index is -0.928. The van der Waals surface area contributed by atoms with E-state index >= 15 is 0 Å². The SMILES string of the molecule is CCCC(NC(=O)CCC1CCCCC1)C(=O)O. The zero-order valence-electron chi connectivity index (χ0n) is 11.3. The lowest BCUT2D eigenvalue weighted by Crippen LogP contribution is -2.40. The van der Waals surface area contributed by atoms with Gasteiger partial charge in [-0.15, -0.1) is 0 Å². The number of rotatable bonds is 7. The number of carbonyl (C=O) groups is 2. The monoisotopic (exact) mass is 255 g/mol. The van der Waals surface area contributed by atoms with Crippen LogP contribution in [0.5, 0.6) is 0 Å². The molecule has 0 aliphatic heterocycles. The first-order valence-electron chi connectivity index (χ1n) is 7.15. The molecule has 1 aliphatic carbocycles. The molecule has 104 valence electrons. The summed E-state index contributed by atoms with van der Waals surface area (Å²) < 4.78 is 0. The van der Waals surface area contributed by atoms with Crippen molar-refractivity contribution >= 4 is 11.9 Å². The summed E-state index contributed by atoms with van der Waals surface area (Å²) in [4.78, 5) is 22.6. The van der Waals surface area contributed by atoms with Crippen LogP contribution < -0.4 is 5.32 Å². The summed E-state index contributed by atoms with van der Waals surface area (Å²) in [7, 11) is 0. The molecule has 1 atom stereocenters. The number of carboxylic acid groups (broad SMARTS) is 1. The lowest BCUT2D eigenvalue weighted by Gasteiger charge is -2.21.